The average molecular weight is 266 g/mol. The van der Waals surface area contributed by atoms with Gasteiger partial charge < -0.3 is 0 Å². The van der Waals surface area contributed by atoms with Crippen molar-refractivity contribution in [2.75, 3.05) is 0 Å². The molecular formula is C20H26. The second kappa shape index (κ2) is 5.24. The molecule has 1 aromatic rings. The van der Waals surface area contributed by atoms with Crippen LogP contribution < -0.4 is 0 Å². The van der Waals surface area contributed by atoms with Gasteiger partial charge in [0.25, 0.3) is 0 Å². The summed E-state index contributed by atoms with van der Waals surface area (Å²) in [6, 6.07) is 4.72. The Hall–Kier alpha value is -1.30. The van der Waals surface area contributed by atoms with Gasteiger partial charge in [0.2, 0.25) is 0 Å². The first-order valence-electron chi connectivity index (χ1n) is 8.05. The zero-order valence-corrected chi connectivity index (χ0v) is 13.2. The maximum absolute atomic E-state index is 2.45. The Morgan fingerprint density at radius 2 is 1.75 bits per heavy atom. The minimum Gasteiger partial charge on any atom is -0.0808 e. The Morgan fingerprint density at radius 1 is 1.00 bits per heavy atom. The molecule has 1 saturated carbocycles. The predicted molar refractivity (Wildman–Crippen MR) is 87.1 cm³/mol. The van der Waals surface area contributed by atoms with Crippen LogP contribution in [0.1, 0.15) is 47.9 Å². The SMILES string of the molecule is CCC1C(c2ccc(C)c(C)c2C)CC2C=CC=CC21. The second-order valence-electron chi connectivity index (χ2n) is 6.65. The zero-order valence-electron chi connectivity index (χ0n) is 13.2. The predicted octanol–water partition coefficient (Wildman–Crippen LogP) is 5.48. The van der Waals surface area contributed by atoms with Crippen LogP contribution in [0.25, 0.3) is 0 Å². The molecule has 2 aliphatic rings. The third-order valence-electron chi connectivity index (χ3n) is 5.81. The number of fused-ring (bicyclic) bond motifs is 1. The standard InChI is InChI=1S/C20H26/c1-5-17-19-9-7-6-8-16(19)12-20(17)18-11-10-13(2)14(3)15(18)4/h6-11,16-17,19-20H,5,12H2,1-4H3. The van der Waals surface area contributed by atoms with Crippen molar-refractivity contribution in [1.29, 1.82) is 0 Å². The van der Waals surface area contributed by atoms with Gasteiger partial charge in [-0.2, -0.15) is 0 Å². The van der Waals surface area contributed by atoms with Crippen molar-refractivity contribution in [3.05, 3.63) is 58.7 Å². The first kappa shape index (κ1) is 13.7. The Morgan fingerprint density at radius 3 is 2.50 bits per heavy atom. The Balaban J connectivity index is 2.00. The van der Waals surface area contributed by atoms with Gasteiger partial charge in [-0.15, -0.1) is 0 Å². The van der Waals surface area contributed by atoms with Crippen molar-refractivity contribution in [3.63, 3.8) is 0 Å². The molecule has 0 heteroatoms. The average Bonchev–Trinajstić information content (AvgIpc) is 2.83. The molecule has 0 bridgehead atoms. The fourth-order valence-electron chi connectivity index (χ4n) is 4.40. The molecule has 0 N–H and O–H groups in total. The van der Waals surface area contributed by atoms with E-state index in [2.05, 4.69) is 64.1 Å². The van der Waals surface area contributed by atoms with E-state index in [1.807, 2.05) is 0 Å². The van der Waals surface area contributed by atoms with Gasteiger partial charge >= 0.3 is 0 Å². The van der Waals surface area contributed by atoms with Crippen LogP contribution in [0.15, 0.2) is 36.4 Å². The molecule has 2 aliphatic carbocycles. The summed E-state index contributed by atoms with van der Waals surface area (Å²) < 4.78 is 0. The Kier molecular flexibility index (Phi) is 3.58. The van der Waals surface area contributed by atoms with E-state index in [0.29, 0.717) is 0 Å². The smallest absolute Gasteiger partial charge is 0.0119 e. The first-order chi connectivity index (χ1) is 9.63. The van der Waals surface area contributed by atoms with Crippen LogP contribution in [0, 0.1) is 38.5 Å². The van der Waals surface area contributed by atoms with Crippen molar-refractivity contribution >= 4 is 0 Å². The van der Waals surface area contributed by atoms with Gasteiger partial charge in [-0.25, -0.2) is 0 Å². The van der Waals surface area contributed by atoms with Crippen LogP contribution in [-0.2, 0) is 0 Å². The summed E-state index contributed by atoms with van der Waals surface area (Å²) in [4.78, 5) is 0. The fraction of sp³-hybridized carbons (Fsp3) is 0.500. The van der Waals surface area contributed by atoms with Crippen molar-refractivity contribution in [1.82, 2.24) is 0 Å². The highest BCUT2D eigenvalue weighted by molar-refractivity contribution is 5.42. The molecule has 4 unspecified atom stereocenters. The number of benzene rings is 1. The summed E-state index contributed by atoms with van der Waals surface area (Å²) >= 11 is 0. The van der Waals surface area contributed by atoms with Crippen LogP contribution in [-0.4, -0.2) is 0 Å². The molecular weight excluding hydrogens is 240 g/mol. The zero-order chi connectivity index (χ0) is 14.3. The fourth-order valence-corrected chi connectivity index (χ4v) is 4.40. The van der Waals surface area contributed by atoms with Gasteiger partial charge in [-0.05, 0) is 73.1 Å². The summed E-state index contributed by atoms with van der Waals surface area (Å²) in [6.45, 7) is 9.18. The highest BCUT2D eigenvalue weighted by Crippen LogP contribution is 2.51. The lowest BCUT2D eigenvalue weighted by atomic mass is 9.79. The number of allylic oxidation sites excluding steroid dienone is 4. The lowest BCUT2D eigenvalue weighted by molar-refractivity contribution is 0.383. The van der Waals surface area contributed by atoms with Crippen LogP contribution >= 0.6 is 0 Å². The molecule has 0 aliphatic heterocycles. The number of aryl methyl sites for hydroxylation is 1. The van der Waals surface area contributed by atoms with E-state index in [-0.39, 0.29) is 0 Å². The third-order valence-corrected chi connectivity index (χ3v) is 5.81. The normalized spacial score (nSPS) is 31.6. The van der Waals surface area contributed by atoms with Gasteiger partial charge in [0, 0.05) is 0 Å². The van der Waals surface area contributed by atoms with Gasteiger partial charge in [-0.1, -0.05) is 49.8 Å². The van der Waals surface area contributed by atoms with Crippen LogP contribution in [0.2, 0.25) is 0 Å². The molecule has 0 radical (unpaired) electrons. The topological polar surface area (TPSA) is 0 Å². The Bertz CT molecular complexity index is 562. The molecule has 0 spiro atoms. The van der Waals surface area contributed by atoms with E-state index in [0.717, 1.165) is 23.7 Å². The lowest BCUT2D eigenvalue weighted by Gasteiger charge is -2.25. The largest absolute Gasteiger partial charge is 0.0808 e. The minimum absolute atomic E-state index is 0.738. The molecule has 20 heavy (non-hydrogen) atoms. The van der Waals surface area contributed by atoms with Crippen molar-refractivity contribution in [2.45, 2.75) is 46.5 Å². The molecule has 1 aromatic carbocycles. The van der Waals surface area contributed by atoms with E-state index < -0.39 is 0 Å². The number of hydrogen-bond donors (Lipinski definition) is 0. The lowest BCUT2D eigenvalue weighted by Crippen LogP contribution is -2.15. The van der Waals surface area contributed by atoms with E-state index in [1.165, 1.54) is 29.5 Å². The molecule has 106 valence electrons. The second-order valence-corrected chi connectivity index (χ2v) is 6.65. The molecule has 0 nitrogen and oxygen atoms in total. The van der Waals surface area contributed by atoms with E-state index in [9.17, 15) is 0 Å². The van der Waals surface area contributed by atoms with Gasteiger partial charge in [0.1, 0.15) is 0 Å². The van der Waals surface area contributed by atoms with Gasteiger partial charge in [0.15, 0.2) is 0 Å². The Labute approximate surface area is 123 Å². The maximum atomic E-state index is 2.45. The maximum Gasteiger partial charge on any atom is -0.0119 e. The van der Waals surface area contributed by atoms with Crippen molar-refractivity contribution in [3.8, 4) is 0 Å². The van der Waals surface area contributed by atoms with Crippen LogP contribution in [0.4, 0.5) is 0 Å². The summed E-state index contributed by atoms with van der Waals surface area (Å²) in [5.74, 6) is 3.07. The molecule has 4 atom stereocenters. The highest BCUT2D eigenvalue weighted by atomic mass is 14.4. The van der Waals surface area contributed by atoms with E-state index in [1.54, 1.807) is 5.56 Å². The van der Waals surface area contributed by atoms with Crippen LogP contribution in [0.5, 0.6) is 0 Å². The molecule has 0 aromatic heterocycles. The quantitative estimate of drug-likeness (QED) is 0.664. The summed E-state index contributed by atoms with van der Waals surface area (Å²) in [6.07, 6.45) is 12.0. The van der Waals surface area contributed by atoms with Crippen LogP contribution in [0.3, 0.4) is 0 Å². The van der Waals surface area contributed by atoms with E-state index in [4.69, 9.17) is 0 Å². The summed E-state index contributed by atoms with van der Waals surface area (Å²) in [5, 5.41) is 0. The van der Waals surface area contributed by atoms with Gasteiger partial charge in [-0.3, -0.25) is 0 Å². The van der Waals surface area contributed by atoms with E-state index >= 15 is 0 Å². The summed E-state index contributed by atoms with van der Waals surface area (Å²) in [5.41, 5.74) is 6.05. The monoisotopic (exact) mass is 266 g/mol. The first-order valence-corrected chi connectivity index (χ1v) is 8.05. The van der Waals surface area contributed by atoms with Crippen molar-refractivity contribution < 1.29 is 0 Å². The summed E-state index contributed by atoms with van der Waals surface area (Å²) in [7, 11) is 0. The third kappa shape index (κ3) is 2.06. The highest BCUT2D eigenvalue weighted by Gasteiger charge is 2.41. The van der Waals surface area contributed by atoms with Gasteiger partial charge in [0.05, 0.1) is 0 Å². The molecule has 1 fully saturated rings. The van der Waals surface area contributed by atoms with Crippen molar-refractivity contribution in [2.24, 2.45) is 17.8 Å². The number of hydrogen-bond acceptors (Lipinski definition) is 0. The molecule has 0 saturated heterocycles. The molecule has 0 amide bonds. The molecule has 3 rings (SSSR count). The number of rotatable bonds is 2. The molecule has 0 heterocycles. The minimum atomic E-state index is 0.738.